The lowest BCUT2D eigenvalue weighted by molar-refractivity contribution is -0.143. The van der Waals surface area contributed by atoms with Gasteiger partial charge in [0, 0.05) is 18.8 Å². The molecular formula is C15H23N3O4. The Morgan fingerprint density at radius 3 is 2.23 bits per heavy atom. The topological polar surface area (TPSA) is 90.4 Å². The lowest BCUT2D eigenvalue weighted by Crippen LogP contribution is -2.32. The van der Waals surface area contributed by atoms with Crippen LogP contribution in [0.5, 0.6) is 0 Å². The number of anilines is 1. The number of nitrogens with zero attached hydrogens (tertiary/aromatic N) is 2. The van der Waals surface area contributed by atoms with Crippen molar-refractivity contribution in [1.29, 1.82) is 0 Å². The van der Waals surface area contributed by atoms with Crippen LogP contribution in [0.3, 0.4) is 0 Å². The third-order valence-electron chi connectivity index (χ3n) is 3.17. The molecule has 0 radical (unpaired) electrons. The fourth-order valence-electron chi connectivity index (χ4n) is 1.70. The van der Waals surface area contributed by atoms with Gasteiger partial charge in [0.05, 0.1) is 14.2 Å². The van der Waals surface area contributed by atoms with E-state index in [0.717, 1.165) is 5.56 Å². The van der Waals surface area contributed by atoms with Gasteiger partial charge in [-0.2, -0.15) is 0 Å². The third-order valence-corrected chi connectivity index (χ3v) is 3.17. The maximum absolute atomic E-state index is 11.8. The fraction of sp³-hybridized carbons (Fsp3) is 0.600. The standard InChI is InChI=1S/C15H23N3O4/c1-15(2,3)10-8-16-14(17-9-10)18-11(13(20)22-5)6-7-12(19)21-4/h8-9,11H,6-7H2,1-5H3,(H,16,17,18)/t11-/m0/s1. The Morgan fingerprint density at radius 1 is 1.18 bits per heavy atom. The number of aromatic nitrogens is 2. The minimum absolute atomic E-state index is 0.0504. The van der Waals surface area contributed by atoms with E-state index in [2.05, 4.69) is 40.8 Å². The zero-order valence-corrected chi connectivity index (χ0v) is 13.7. The van der Waals surface area contributed by atoms with Gasteiger partial charge in [-0.15, -0.1) is 0 Å². The number of ether oxygens (including phenoxy) is 2. The van der Waals surface area contributed by atoms with Gasteiger partial charge in [0.1, 0.15) is 6.04 Å². The molecule has 0 aliphatic heterocycles. The second-order valence-electron chi connectivity index (χ2n) is 5.88. The highest BCUT2D eigenvalue weighted by Crippen LogP contribution is 2.20. The van der Waals surface area contributed by atoms with Crippen molar-refractivity contribution >= 4 is 17.9 Å². The van der Waals surface area contributed by atoms with Crippen LogP contribution in [0.4, 0.5) is 5.95 Å². The van der Waals surface area contributed by atoms with Gasteiger partial charge in [-0.1, -0.05) is 20.8 Å². The first kappa shape index (κ1) is 17.9. The predicted octanol–water partition coefficient (Wildman–Crippen LogP) is 1.68. The van der Waals surface area contributed by atoms with Gasteiger partial charge < -0.3 is 14.8 Å². The Labute approximate surface area is 130 Å². The van der Waals surface area contributed by atoms with Gasteiger partial charge in [-0.25, -0.2) is 14.8 Å². The van der Waals surface area contributed by atoms with E-state index < -0.39 is 12.0 Å². The minimum atomic E-state index is -0.704. The van der Waals surface area contributed by atoms with Gasteiger partial charge in [-0.3, -0.25) is 4.79 Å². The van der Waals surface area contributed by atoms with Crippen LogP contribution < -0.4 is 5.32 Å². The molecule has 0 fully saturated rings. The first-order valence-corrected chi connectivity index (χ1v) is 7.01. The van der Waals surface area contributed by atoms with Crippen LogP contribution in [0.15, 0.2) is 12.4 Å². The summed E-state index contributed by atoms with van der Waals surface area (Å²) >= 11 is 0. The number of methoxy groups -OCH3 is 2. The van der Waals surface area contributed by atoms with Crippen molar-refractivity contribution < 1.29 is 19.1 Å². The third kappa shape index (κ3) is 5.31. The number of nitrogens with one attached hydrogen (secondary N) is 1. The first-order chi connectivity index (χ1) is 10.3. The number of carbonyl (C=O) groups excluding carboxylic acids is 2. The average molecular weight is 309 g/mol. The first-order valence-electron chi connectivity index (χ1n) is 7.01. The Bertz CT molecular complexity index is 509. The number of hydrogen-bond donors (Lipinski definition) is 1. The van der Waals surface area contributed by atoms with Crippen LogP contribution in [-0.2, 0) is 24.5 Å². The Balaban J connectivity index is 2.76. The quantitative estimate of drug-likeness (QED) is 0.799. The highest BCUT2D eigenvalue weighted by atomic mass is 16.5. The van der Waals surface area contributed by atoms with E-state index in [4.69, 9.17) is 4.74 Å². The van der Waals surface area contributed by atoms with Crippen LogP contribution in [0.1, 0.15) is 39.2 Å². The molecule has 0 aromatic carbocycles. The summed E-state index contributed by atoms with van der Waals surface area (Å²) in [5.74, 6) is -0.555. The molecule has 1 heterocycles. The van der Waals surface area contributed by atoms with Crippen molar-refractivity contribution in [1.82, 2.24) is 9.97 Å². The van der Waals surface area contributed by atoms with Crippen LogP contribution in [-0.4, -0.2) is 42.2 Å². The average Bonchev–Trinajstić information content (AvgIpc) is 2.49. The summed E-state index contributed by atoms with van der Waals surface area (Å²) in [4.78, 5) is 31.4. The summed E-state index contributed by atoms with van der Waals surface area (Å²) in [6, 6.07) is -0.704. The summed E-state index contributed by atoms with van der Waals surface area (Å²) in [7, 11) is 2.59. The monoisotopic (exact) mass is 309 g/mol. The summed E-state index contributed by atoms with van der Waals surface area (Å²) in [5, 5.41) is 2.88. The molecule has 7 nitrogen and oxygen atoms in total. The second-order valence-corrected chi connectivity index (χ2v) is 5.88. The van der Waals surface area contributed by atoms with Gasteiger partial charge in [0.25, 0.3) is 0 Å². The van der Waals surface area contributed by atoms with Gasteiger partial charge in [-0.05, 0) is 17.4 Å². The zero-order chi connectivity index (χ0) is 16.8. The van der Waals surface area contributed by atoms with E-state index in [1.165, 1.54) is 14.2 Å². The summed E-state index contributed by atoms with van der Waals surface area (Å²) < 4.78 is 9.29. The highest BCUT2D eigenvalue weighted by Gasteiger charge is 2.22. The molecule has 0 aliphatic rings. The van der Waals surface area contributed by atoms with Crippen LogP contribution in [0.25, 0.3) is 0 Å². The van der Waals surface area contributed by atoms with E-state index in [9.17, 15) is 9.59 Å². The molecule has 122 valence electrons. The van der Waals surface area contributed by atoms with Crippen LogP contribution >= 0.6 is 0 Å². The summed E-state index contributed by atoms with van der Waals surface area (Å²) in [6.45, 7) is 6.19. The van der Waals surface area contributed by atoms with E-state index in [1.54, 1.807) is 12.4 Å². The smallest absolute Gasteiger partial charge is 0.328 e. The molecule has 7 heteroatoms. The normalized spacial score (nSPS) is 12.4. The maximum Gasteiger partial charge on any atom is 0.328 e. The number of hydrogen-bond acceptors (Lipinski definition) is 7. The molecule has 0 saturated heterocycles. The van der Waals surface area contributed by atoms with Gasteiger partial charge in [0.15, 0.2) is 0 Å². The van der Waals surface area contributed by atoms with Crippen LogP contribution in [0, 0.1) is 0 Å². The Morgan fingerprint density at radius 2 is 1.77 bits per heavy atom. The second kappa shape index (κ2) is 7.72. The summed E-state index contributed by atoms with van der Waals surface area (Å²) in [6.07, 6.45) is 3.76. The Kier molecular flexibility index (Phi) is 6.27. The van der Waals surface area contributed by atoms with Crippen molar-refractivity contribution in [2.75, 3.05) is 19.5 Å². The zero-order valence-electron chi connectivity index (χ0n) is 13.7. The largest absolute Gasteiger partial charge is 0.469 e. The number of rotatable bonds is 6. The van der Waals surface area contributed by atoms with Crippen molar-refractivity contribution in [2.45, 2.75) is 45.1 Å². The molecule has 0 spiro atoms. The van der Waals surface area contributed by atoms with E-state index in [-0.39, 0.29) is 24.2 Å². The summed E-state index contributed by atoms with van der Waals surface area (Å²) in [5.41, 5.74) is 0.938. The molecule has 0 saturated carbocycles. The molecule has 22 heavy (non-hydrogen) atoms. The molecule has 0 bridgehead atoms. The molecule has 0 aliphatic carbocycles. The maximum atomic E-state index is 11.8. The van der Waals surface area contributed by atoms with Crippen molar-refractivity contribution in [2.24, 2.45) is 0 Å². The van der Waals surface area contributed by atoms with E-state index in [0.29, 0.717) is 5.95 Å². The molecule has 0 unspecified atom stereocenters. The molecule has 1 atom stereocenters. The molecule has 0 amide bonds. The minimum Gasteiger partial charge on any atom is -0.469 e. The lowest BCUT2D eigenvalue weighted by Gasteiger charge is -2.19. The van der Waals surface area contributed by atoms with Crippen molar-refractivity contribution in [3.63, 3.8) is 0 Å². The lowest BCUT2D eigenvalue weighted by atomic mass is 9.89. The number of esters is 2. The SMILES string of the molecule is COC(=O)CC[C@H](Nc1ncc(C(C)(C)C)cn1)C(=O)OC. The van der Waals surface area contributed by atoms with Crippen LogP contribution in [0.2, 0.25) is 0 Å². The molecule has 1 rings (SSSR count). The van der Waals surface area contributed by atoms with E-state index in [1.807, 2.05) is 0 Å². The van der Waals surface area contributed by atoms with E-state index >= 15 is 0 Å². The molecule has 1 aromatic heterocycles. The molecular weight excluding hydrogens is 286 g/mol. The predicted molar refractivity (Wildman–Crippen MR) is 81.4 cm³/mol. The molecule has 1 N–H and O–H groups in total. The number of carbonyl (C=O) groups is 2. The van der Waals surface area contributed by atoms with Crippen molar-refractivity contribution in [3.05, 3.63) is 18.0 Å². The Hall–Kier alpha value is -2.18. The highest BCUT2D eigenvalue weighted by molar-refractivity contribution is 5.79. The fourth-order valence-corrected chi connectivity index (χ4v) is 1.70. The van der Waals surface area contributed by atoms with Gasteiger partial charge in [0.2, 0.25) is 5.95 Å². The molecule has 1 aromatic rings. The van der Waals surface area contributed by atoms with Gasteiger partial charge >= 0.3 is 11.9 Å². The van der Waals surface area contributed by atoms with Crippen molar-refractivity contribution in [3.8, 4) is 0 Å².